The summed E-state index contributed by atoms with van der Waals surface area (Å²) in [6.07, 6.45) is 1.21. The van der Waals surface area contributed by atoms with Gasteiger partial charge in [0.1, 0.15) is 5.76 Å². The summed E-state index contributed by atoms with van der Waals surface area (Å²) in [5.41, 5.74) is 1.15. The van der Waals surface area contributed by atoms with Gasteiger partial charge in [-0.1, -0.05) is 26.0 Å². The van der Waals surface area contributed by atoms with E-state index in [0.717, 1.165) is 0 Å². The molecule has 2 N–H and O–H groups in total. The number of hydrogen-bond donors (Lipinski definition) is 2. The maximum Gasteiger partial charge on any atom is 0.337 e. The van der Waals surface area contributed by atoms with Gasteiger partial charge < -0.3 is 14.8 Å². The lowest BCUT2D eigenvalue weighted by Crippen LogP contribution is -2.18. The molecular weight excluding hydrogens is 272 g/mol. The summed E-state index contributed by atoms with van der Waals surface area (Å²) in [6.45, 7) is 5.50. The van der Waals surface area contributed by atoms with E-state index in [1.54, 1.807) is 19.1 Å². The van der Waals surface area contributed by atoms with Crippen LogP contribution >= 0.6 is 0 Å². The van der Waals surface area contributed by atoms with Gasteiger partial charge in [-0.05, 0) is 18.6 Å². The molecule has 21 heavy (non-hydrogen) atoms. The predicted molar refractivity (Wildman–Crippen MR) is 76.7 cm³/mol. The molecule has 6 nitrogen and oxygen atoms in total. The van der Waals surface area contributed by atoms with E-state index in [-0.39, 0.29) is 22.9 Å². The van der Waals surface area contributed by atoms with Crippen molar-refractivity contribution in [2.24, 2.45) is 0 Å². The Hall–Kier alpha value is -2.63. The molecule has 6 heteroatoms. The Balaban J connectivity index is 2.36. The maximum atomic E-state index is 12.3. The molecule has 0 saturated carbocycles. The molecule has 1 aromatic carbocycles. The van der Waals surface area contributed by atoms with E-state index >= 15 is 0 Å². The molecule has 2 rings (SSSR count). The molecule has 0 saturated heterocycles. The first-order valence-corrected chi connectivity index (χ1v) is 6.49. The number of anilines is 1. The number of amides is 1. The van der Waals surface area contributed by atoms with E-state index < -0.39 is 11.9 Å². The number of rotatable bonds is 4. The first-order chi connectivity index (χ1) is 9.91. The van der Waals surface area contributed by atoms with Crippen LogP contribution in [0.5, 0.6) is 0 Å². The Kier molecular flexibility index (Phi) is 4.07. The van der Waals surface area contributed by atoms with Gasteiger partial charge in [0.15, 0.2) is 12.1 Å². The molecule has 0 aliphatic carbocycles. The molecule has 0 aliphatic rings. The lowest BCUT2D eigenvalue weighted by molar-refractivity contribution is 0.0698. The van der Waals surface area contributed by atoms with Crippen molar-refractivity contribution < 1.29 is 19.1 Å². The number of carboxylic acid groups (broad SMARTS) is 1. The Morgan fingerprint density at radius 1 is 1.33 bits per heavy atom. The summed E-state index contributed by atoms with van der Waals surface area (Å²) in [7, 11) is 0. The highest BCUT2D eigenvalue weighted by molar-refractivity contribution is 6.07. The summed E-state index contributed by atoms with van der Waals surface area (Å²) in [5.74, 6) is -1.11. The number of carboxylic acids is 1. The molecule has 110 valence electrons. The van der Waals surface area contributed by atoms with Crippen molar-refractivity contribution in [3.63, 3.8) is 0 Å². The minimum absolute atomic E-state index is 0.00376. The van der Waals surface area contributed by atoms with Gasteiger partial charge in [0.25, 0.3) is 5.91 Å². The second kappa shape index (κ2) is 5.78. The number of hydrogen-bond acceptors (Lipinski definition) is 4. The van der Waals surface area contributed by atoms with E-state index in [1.807, 2.05) is 13.8 Å². The number of oxazole rings is 1. The number of aryl methyl sites for hydroxylation is 1. The number of nitrogens with zero attached hydrogens (tertiary/aromatic N) is 1. The van der Waals surface area contributed by atoms with Crippen LogP contribution < -0.4 is 5.32 Å². The molecule has 1 amide bonds. The molecule has 2 aromatic rings. The molecule has 1 heterocycles. The van der Waals surface area contributed by atoms with Crippen LogP contribution in [0.1, 0.15) is 51.9 Å². The highest BCUT2D eigenvalue weighted by Gasteiger charge is 2.21. The third-order valence-electron chi connectivity index (χ3n) is 3.08. The van der Waals surface area contributed by atoms with Gasteiger partial charge in [-0.25, -0.2) is 9.78 Å². The zero-order valence-corrected chi connectivity index (χ0v) is 12.0. The number of carbonyl (C=O) groups is 2. The van der Waals surface area contributed by atoms with Crippen molar-refractivity contribution >= 4 is 17.6 Å². The fourth-order valence-electron chi connectivity index (χ4n) is 2.02. The van der Waals surface area contributed by atoms with Crippen molar-refractivity contribution in [3.05, 3.63) is 47.2 Å². The zero-order valence-electron chi connectivity index (χ0n) is 12.0. The zero-order chi connectivity index (χ0) is 15.6. The van der Waals surface area contributed by atoms with Gasteiger partial charge in [-0.3, -0.25) is 4.79 Å². The maximum absolute atomic E-state index is 12.3. The van der Waals surface area contributed by atoms with E-state index in [9.17, 15) is 14.7 Å². The summed E-state index contributed by atoms with van der Waals surface area (Å²) in [6, 6.07) is 4.80. The Bertz CT molecular complexity index is 689. The van der Waals surface area contributed by atoms with Crippen LogP contribution in [0.2, 0.25) is 0 Å². The average molecular weight is 288 g/mol. The van der Waals surface area contributed by atoms with Crippen molar-refractivity contribution in [1.82, 2.24) is 4.98 Å². The number of aromatic carboxylic acids is 1. The summed E-state index contributed by atoms with van der Waals surface area (Å²) in [4.78, 5) is 27.4. The van der Waals surface area contributed by atoms with Crippen molar-refractivity contribution in [3.8, 4) is 0 Å². The number of carbonyl (C=O) groups excluding carboxylic acids is 1. The quantitative estimate of drug-likeness (QED) is 0.902. The minimum Gasteiger partial charge on any atom is -0.478 e. The summed E-state index contributed by atoms with van der Waals surface area (Å²) >= 11 is 0. The highest BCUT2D eigenvalue weighted by atomic mass is 16.4. The van der Waals surface area contributed by atoms with Crippen LogP contribution in [0.15, 0.2) is 29.0 Å². The first kappa shape index (κ1) is 14.8. The van der Waals surface area contributed by atoms with Crippen LogP contribution in [-0.2, 0) is 0 Å². The SMILES string of the molecule is Cc1cccc(C(=O)O)c1NC(=O)c1ncoc1C(C)C. The van der Waals surface area contributed by atoms with E-state index in [4.69, 9.17) is 4.42 Å². The molecule has 0 aliphatic heterocycles. The Morgan fingerprint density at radius 3 is 2.67 bits per heavy atom. The molecule has 0 atom stereocenters. The number of aromatic nitrogens is 1. The van der Waals surface area contributed by atoms with Gasteiger partial charge in [0, 0.05) is 5.92 Å². The predicted octanol–water partition coefficient (Wildman–Crippen LogP) is 3.06. The molecule has 0 radical (unpaired) electrons. The third kappa shape index (κ3) is 2.94. The number of nitrogens with one attached hydrogen (secondary N) is 1. The van der Waals surface area contributed by atoms with E-state index in [0.29, 0.717) is 11.3 Å². The van der Waals surface area contributed by atoms with Crippen LogP contribution in [0.4, 0.5) is 5.69 Å². The first-order valence-electron chi connectivity index (χ1n) is 6.49. The van der Waals surface area contributed by atoms with E-state index in [1.165, 1.54) is 12.5 Å². The molecule has 0 spiro atoms. The topological polar surface area (TPSA) is 92.4 Å². The van der Waals surface area contributed by atoms with Crippen LogP contribution in [0.25, 0.3) is 0 Å². The van der Waals surface area contributed by atoms with Crippen molar-refractivity contribution in [2.75, 3.05) is 5.32 Å². The smallest absolute Gasteiger partial charge is 0.337 e. The highest BCUT2D eigenvalue weighted by Crippen LogP contribution is 2.23. The Morgan fingerprint density at radius 2 is 2.05 bits per heavy atom. The lowest BCUT2D eigenvalue weighted by atomic mass is 10.1. The lowest BCUT2D eigenvalue weighted by Gasteiger charge is -2.11. The Labute approximate surface area is 121 Å². The monoisotopic (exact) mass is 288 g/mol. The fraction of sp³-hybridized carbons (Fsp3) is 0.267. The second-order valence-electron chi connectivity index (χ2n) is 4.98. The van der Waals surface area contributed by atoms with Crippen molar-refractivity contribution in [1.29, 1.82) is 0 Å². The standard InChI is InChI=1S/C15H16N2O4/c1-8(2)13-12(16-7-21-13)14(18)17-11-9(3)5-4-6-10(11)15(19)20/h4-8H,1-3H3,(H,17,18)(H,19,20). The van der Waals surface area contributed by atoms with Crippen molar-refractivity contribution in [2.45, 2.75) is 26.7 Å². The minimum atomic E-state index is -1.10. The average Bonchev–Trinajstić information content (AvgIpc) is 2.90. The second-order valence-corrected chi connectivity index (χ2v) is 4.98. The molecule has 0 unspecified atom stereocenters. The van der Waals surface area contributed by atoms with E-state index in [2.05, 4.69) is 10.3 Å². The number of benzene rings is 1. The largest absolute Gasteiger partial charge is 0.478 e. The van der Waals surface area contributed by atoms with Gasteiger partial charge in [0.2, 0.25) is 0 Å². The number of para-hydroxylation sites is 1. The van der Waals surface area contributed by atoms with Gasteiger partial charge in [-0.15, -0.1) is 0 Å². The summed E-state index contributed by atoms with van der Waals surface area (Å²) in [5, 5.41) is 11.8. The van der Waals surface area contributed by atoms with Gasteiger partial charge >= 0.3 is 5.97 Å². The van der Waals surface area contributed by atoms with Gasteiger partial charge in [-0.2, -0.15) is 0 Å². The van der Waals surface area contributed by atoms with Crippen LogP contribution in [0.3, 0.4) is 0 Å². The molecular formula is C15H16N2O4. The van der Waals surface area contributed by atoms with Crippen LogP contribution in [-0.4, -0.2) is 22.0 Å². The van der Waals surface area contributed by atoms with Gasteiger partial charge in [0.05, 0.1) is 11.3 Å². The van der Waals surface area contributed by atoms with Crippen LogP contribution in [0, 0.1) is 6.92 Å². The normalized spacial score (nSPS) is 10.7. The summed E-state index contributed by atoms with van der Waals surface area (Å²) < 4.78 is 5.20. The molecule has 1 aromatic heterocycles. The third-order valence-corrected chi connectivity index (χ3v) is 3.08. The molecule has 0 bridgehead atoms. The fourth-order valence-corrected chi connectivity index (χ4v) is 2.02. The molecule has 0 fully saturated rings.